The lowest BCUT2D eigenvalue weighted by Crippen LogP contribution is -2.41. The van der Waals surface area contributed by atoms with E-state index in [4.69, 9.17) is 5.11 Å². The summed E-state index contributed by atoms with van der Waals surface area (Å²) in [4.78, 5) is 50.5. The molecule has 1 rings (SSSR count). The maximum Gasteiger partial charge on any atom is 0.325 e. The number of aromatic nitrogens is 2. The minimum Gasteiger partial charge on any atom is -0.481 e. The molecule has 0 radical (unpaired) electrons. The lowest BCUT2D eigenvalue weighted by atomic mass is 10.2. The Bertz CT molecular complexity index is 586. The summed E-state index contributed by atoms with van der Waals surface area (Å²) in [6, 6.07) is -0.266. The van der Waals surface area contributed by atoms with Gasteiger partial charge >= 0.3 is 11.7 Å². The molecule has 3 N–H and O–H groups in total. The molecule has 0 bridgehead atoms. The van der Waals surface area contributed by atoms with Crippen molar-refractivity contribution in [3.8, 4) is 0 Å². The van der Waals surface area contributed by atoms with E-state index in [1.54, 1.807) is 13.8 Å². The van der Waals surface area contributed by atoms with Gasteiger partial charge in [-0.25, -0.2) is 4.79 Å². The second-order valence-corrected chi connectivity index (χ2v) is 4.22. The van der Waals surface area contributed by atoms with Crippen molar-refractivity contribution in [2.24, 2.45) is 0 Å². The zero-order valence-electron chi connectivity index (χ0n) is 10.6. The fourth-order valence-corrected chi connectivity index (χ4v) is 1.53. The predicted molar refractivity (Wildman–Crippen MR) is 66.1 cm³/mol. The largest absolute Gasteiger partial charge is 0.481 e. The average Bonchev–Trinajstić information content (AvgIpc) is 2.27. The topological polar surface area (TPSA) is 123 Å². The summed E-state index contributed by atoms with van der Waals surface area (Å²) in [7, 11) is 0. The number of carboxylic acids is 1. The molecule has 1 amide bonds. The molecule has 0 spiro atoms. The van der Waals surface area contributed by atoms with Gasteiger partial charge in [-0.1, -0.05) is 0 Å². The Hall–Kier alpha value is -2.38. The highest BCUT2D eigenvalue weighted by Crippen LogP contribution is 2.05. The molecule has 0 aromatic carbocycles. The highest BCUT2D eigenvalue weighted by Gasteiger charge is 2.22. The number of nitrogens with zero attached hydrogens (tertiary/aromatic N) is 1. The molecule has 104 valence electrons. The maximum atomic E-state index is 12.1. The quantitative estimate of drug-likeness (QED) is 0.657. The van der Waals surface area contributed by atoms with Crippen LogP contribution in [0.15, 0.2) is 15.8 Å². The molecule has 0 saturated heterocycles. The summed E-state index contributed by atoms with van der Waals surface area (Å²) in [5.41, 5.74) is -1.73. The maximum absolute atomic E-state index is 12.1. The monoisotopic (exact) mass is 269 g/mol. The van der Waals surface area contributed by atoms with Crippen LogP contribution in [0, 0.1) is 0 Å². The molecule has 1 aromatic rings. The first kappa shape index (κ1) is 14.7. The van der Waals surface area contributed by atoms with Gasteiger partial charge in [0.25, 0.3) is 11.5 Å². The zero-order valence-corrected chi connectivity index (χ0v) is 10.6. The van der Waals surface area contributed by atoms with Crippen molar-refractivity contribution >= 4 is 11.9 Å². The van der Waals surface area contributed by atoms with Gasteiger partial charge in [-0.3, -0.25) is 19.4 Å². The second-order valence-electron chi connectivity index (χ2n) is 4.22. The smallest absolute Gasteiger partial charge is 0.325 e. The number of rotatable bonds is 5. The number of carbonyl (C=O) groups excluding carboxylic acids is 1. The van der Waals surface area contributed by atoms with Crippen LogP contribution >= 0.6 is 0 Å². The lowest BCUT2D eigenvalue weighted by molar-refractivity contribution is -0.137. The van der Waals surface area contributed by atoms with E-state index < -0.39 is 23.1 Å². The number of hydrogen-bond donors (Lipinski definition) is 3. The SMILES string of the molecule is CC(C)N(CCC(=O)O)C(=O)c1c[nH]c(=O)[nH]c1=O. The Labute approximate surface area is 108 Å². The third-order valence-electron chi connectivity index (χ3n) is 2.50. The van der Waals surface area contributed by atoms with E-state index in [2.05, 4.69) is 4.98 Å². The first-order valence-electron chi connectivity index (χ1n) is 5.67. The van der Waals surface area contributed by atoms with Gasteiger partial charge in [0, 0.05) is 18.8 Å². The minimum absolute atomic E-state index is 0.00952. The van der Waals surface area contributed by atoms with Gasteiger partial charge in [-0.15, -0.1) is 0 Å². The molecule has 0 unspecified atom stereocenters. The standard InChI is InChI=1S/C11H15N3O5/c1-6(2)14(4-3-8(15)16)10(18)7-5-12-11(19)13-9(7)17/h5-6H,3-4H2,1-2H3,(H,15,16)(H2,12,13,17,19). The van der Waals surface area contributed by atoms with Gasteiger partial charge in [0.1, 0.15) is 5.56 Å². The molecule has 0 aliphatic heterocycles. The van der Waals surface area contributed by atoms with Crippen molar-refractivity contribution in [3.05, 3.63) is 32.6 Å². The van der Waals surface area contributed by atoms with E-state index in [0.717, 1.165) is 6.20 Å². The molecule has 0 saturated carbocycles. The number of hydrogen-bond acceptors (Lipinski definition) is 4. The Morgan fingerprint density at radius 2 is 2.00 bits per heavy atom. The second kappa shape index (κ2) is 5.98. The summed E-state index contributed by atoms with van der Waals surface area (Å²) in [5, 5.41) is 8.63. The third kappa shape index (κ3) is 3.80. The minimum atomic E-state index is -1.03. The first-order valence-corrected chi connectivity index (χ1v) is 5.67. The number of H-pyrrole nitrogens is 2. The molecule has 0 aliphatic rings. The van der Waals surface area contributed by atoms with Crippen molar-refractivity contribution in [1.29, 1.82) is 0 Å². The van der Waals surface area contributed by atoms with E-state index in [9.17, 15) is 19.2 Å². The van der Waals surface area contributed by atoms with Crippen LogP contribution in [0.4, 0.5) is 0 Å². The van der Waals surface area contributed by atoms with E-state index in [1.807, 2.05) is 4.98 Å². The van der Waals surface area contributed by atoms with Gasteiger partial charge in [-0.2, -0.15) is 0 Å². The summed E-state index contributed by atoms with van der Waals surface area (Å²) in [6.07, 6.45) is 0.810. The molecule has 1 heterocycles. The molecular weight excluding hydrogens is 254 g/mol. The van der Waals surface area contributed by atoms with Crippen molar-refractivity contribution < 1.29 is 14.7 Å². The Balaban J connectivity index is 3.02. The molecule has 8 heteroatoms. The Morgan fingerprint density at radius 1 is 1.37 bits per heavy atom. The van der Waals surface area contributed by atoms with Crippen molar-refractivity contribution in [2.45, 2.75) is 26.3 Å². The molecule has 0 fully saturated rings. The van der Waals surface area contributed by atoms with E-state index >= 15 is 0 Å². The number of aromatic amines is 2. The highest BCUT2D eigenvalue weighted by molar-refractivity contribution is 5.93. The molecule has 0 aliphatic carbocycles. The third-order valence-corrected chi connectivity index (χ3v) is 2.50. The van der Waals surface area contributed by atoms with Gasteiger partial charge in [0.2, 0.25) is 0 Å². The fraction of sp³-hybridized carbons (Fsp3) is 0.455. The normalized spacial score (nSPS) is 10.5. The van der Waals surface area contributed by atoms with Crippen molar-refractivity contribution in [1.82, 2.24) is 14.9 Å². The molecular formula is C11H15N3O5. The molecule has 8 nitrogen and oxygen atoms in total. The van der Waals surface area contributed by atoms with Crippen molar-refractivity contribution in [2.75, 3.05) is 6.54 Å². The number of carbonyl (C=O) groups is 2. The van der Waals surface area contributed by atoms with Crippen molar-refractivity contribution in [3.63, 3.8) is 0 Å². The van der Waals surface area contributed by atoms with Crippen LogP contribution in [-0.4, -0.2) is 44.4 Å². The van der Waals surface area contributed by atoms with E-state index in [0.29, 0.717) is 0 Å². The number of carboxylic acid groups (broad SMARTS) is 1. The van der Waals surface area contributed by atoms with Crippen LogP contribution in [0.5, 0.6) is 0 Å². The molecule has 19 heavy (non-hydrogen) atoms. The zero-order chi connectivity index (χ0) is 14.6. The van der Waals surface area contributed by atoms with Gasteiger partial charge in [0.05, 0.1) is 6.42 Å². The average molecular weight is 269 g/mol. The number of amides is 1. The first-order chi connectivity index (χ1) is 8.82. The van der Waals surface area contributed by atoms with Crippen LogP contribution in [0.3, 0.4) is 0 Å². The van der Waals surface area contributed by atoms with Crippen LogP contribution in [0.25, 0.3) is 0 Å². The lowest BCUT2D eigenvalue weighted by Gasteiger charge is -2.25. The summed E-state index contributed by atoms with van der Waals surface area (Å²) >= 11 is 0. The molecule has 0 atom stereocenters. The van der Waals surface area contributed by atoms with Gasteiger partial charge in [0.15, 0.2) is 0 Å². The summed E-state index contributed by atoms with van der Waals surface area (Å²) in [6.45, 7) is 3.41. The number of aliphatic carboxylic acids is 1. The van der Waals surface area contributed by atoms with Crippen LogP contribution in [-0.2, 0) is 4.79 Å². The molecule has 1 aromatic heterocycles. The van der Waals surface area contributed by atoms with E-state index in [1.165, 1.54) is 4.90 Å². The van der Waals surface area contributed by atoms with Gasteiger partial charge in [-0.05, 0) is 13.8 Å². The highest BCUT2D eigenvalue weighted by atomic mass is 16.4. The Kier molecular flexibility index (Phi) is 4.62. The van der Waals surface area contributed by atoms with Crippen LogP contribution in [0.2, 0.25) is 0 Å². The van der Waals surface area contributed by atoms with Crippen LogP contribution in [0.1, 0.15) is 30.6 Å². The van der Waals surface area contributed by atoms with E-state index in [-0.39, 0.29) is 24.6 Å². The summed E-state index contributed by atoms with van der Waals surface area (Å²) in [5.74, 6) is -1.65. The van der Waals surface area contributed by atoms with Gasteiger partial charge < -0.3 is 15.0 Å². The predicted octanol–water partition coefficient (Wildman–Crippen LogP) is -0.611. The van der Waals surface area contributed by atoms with Crippen LogP contribution < -0.4 is 11.2 Å². The summed E-state index contributed by atoms with van der Waals surface area (Å²) < 4.78 is 0. The fourth-order valence-electron chi connectivity index (χ4n) is 1.53. The Morgan fingerprint density at radius 3 is 2.47 bits per heavy atom. The number of nitrogens with one attached hydrogen (secondary N) is 2.